The Morgan fingerprint density at radius 3 is 2.48 bits per heavy atom. The first-order valence-corrected chi connectivity index (χ1v) is 8.65. The maximum Gasteiger partial charge on any atom is 0.125 e. The maximum atomic E-state index is 2.55. The molecule has 3 rings (SSSR count). The third kappa shape index (κ3) is 3.46. The summed E-state index contributed by atoms with van der Waals surface area (Å²) in [7, 11) is 1.38. The van der Waals surface area contributed by atoms with Crippen LogP contribution in [0.1, 0.15) is 11.1 Å². The Morgan fingerprint density at radius 2 is 1.71 bits per heavy atom. The smallest absolute Gasteiger partial charge is 0.125 e. The van der Waals surface area contributed by atoms with Gasteiger partial charge >= 0.3 is 0 Å². The summed E-state index contributed by atoms with van der Waals surface area (Å²) < 4.78 is 0. The van der Waals surface area contributed by atoms with E-state index in [0.717, 1.165) is 0 Å². The number of benzene rings is 2. The number of anilines is 1. The normalized spacial score (nSPS) is 14.9. The van der Waals surface area contributed by atoms with Crippen LogP contribution in [0.5, 0.6) is 0 Å². The summed E-state index contributed by atoms with van der Waals surface area (Å²) in [6, 6.07) is 15.6. The molecule has 3 heteroatoms. The molecule has 0 saturated carbocycles. The fourth-order valence-corrected chi connectivity index (χ4v) is 4.01. The molecule has 1 saturated heterocycles. The fourth-order valence-electron chi connectivity index (χ4n) is 2.97. The molecule has 108 valence electrons. The highest BCUT2D eigenvalue weighted by molar-refractivity contribution is 7.99. The van der Waals surface area contributed by atoms with Crippen LogP contribution in [0.3, 0.4) is 0 Å². The Balaban J connectivity index is 1.88. The molecule has 1 heterocycles. The van der Waals surface area contributed by atoms with E-state index in [9.17, 15) is 0 Å². The summed E-state index contributed by atoms with van der Waals surface area (Å²) in [5.74, 6) is 0. The van der Waals surface area contributed by atoms with Crippen molar-refractivity contribution in [3.63, 3.8) is 0 Å². The predicted molar refractivity (Wildman–Crippen MR) is 95.5 cm³/mol. The van der Waals surface area contributed by atoms with Crippen molar-refractivity contribution < 1.29 is 0 Å². The molecule has 0 unspecified atom stereocenters. The molecule has 0 radical (unpaired) electrons. The van der Waals surface area contributed by atoms with Crippen LogP contribution in [0.15, 0.2) is 52.3 Å². The van der Waals surface area contributed by atoms with Crippen LogP contribution in [0.4, 0.5) is 5.69 Å². The van der Waals surface area contributed by atoms with Crippen LogP contribution in [0.25, 0.3) is 0 Å². The van der Waals surface area contributed by atoms with Crippen LogP contribution in [0.2, 0.25) is 12.6 Å². The van der Waals surface area contributed by atoms with Gasteiger partial charge in [-0.3, -0.25) is 0 Å². The van der Waals surface area contributed by atoms with Crippen LogP contribution in [-0.2, 0) is 0 Å². The van der Waals surface area contributed by atoms with Gasteiger partial charge in [0, 0.05) is 22.9 Å². The molecule has 0 atom stereocenters. The molecular formula is C18H22BNS. The van der Waals surface area contributed by atoms with Gasteiger partial charge in [-0.25, -0.2) is 0 Å². The quantitative estimate of drug-likeness (QED) is 0.764. The molecule has 1 aliphatic heterocycles. The van der Waals surface area contributed by atoms with Crippen LogP contribution in [-0.4, -0.2) is 20.4 Å². The lowest BCUT2D eigenvalue weighted by Crippen LogP contribution is -2.31. The van der Waals surface area contributed by atoms with Crippen LogP contribution < -0.4 is 4.90 Å². The van der Waals surface area contributed by atoms with Gasteiger partial charge in [-0.05, 0) is 37.6 Å². The van der Waals surface area contributed by atoms with Crippen molar-refractivity contribution in [2.75, 3.05) is 18.0 Å². The predicted octanol–water partition coefficient (Wildman–Crippen LogP) is 4.55. The number of nitrogens with zero attached hydrogens (tertiary/aromatic N) is 1. The van der Waals surface area contributed by atoms with E-state index in [0.29, 0.717) is 0 Å². The van der Waals surface area contributed by atoms with Crippen molar-refractivity contribution in [3.05, 3.63) is 53.6 Å². The summed E-state index contributed by atoms with van der Waals surface area (Å²) in [5.41, 5.74) is 4.11. The maximum absolute atomic E-state index is 2.55. The van der Waals surface area contributed by atoms with Crippen LogP contribution in [0, 0.1) is 13.8 Å². The highest BCUT2D eigenvalue weighted by atomic mass is 32.2. The lowest BCUT2D eigenvalue weighted by molar-refractivity contribution is 0.819. The van der Waals surface area contributed by atoms with Gasteiger partial charge in [0.2, 0.25) is 0 Å². The average Bonchev–Trinajstić information content (AvgIpc) is 2.51. The first-order valence-electron chi connectivity index (χ1n) is 7.83. The molecule has 1 fully saturated rings. The summed E-state index contributed by atoms with van der Waals surface area (Å²) >= 11 is 1.90. The Hall–Kier alpha value is -1.35. The average molecular weight is 295 g/mol. The van der Waals surface area contributed by atoms with Gasteiger partial charge in [0.1, 0.15) is 7.28 Å². The van der Waals surface area contributed by atoms with Gasteiger partial charge in [0.25, 0.3) is 0 Å². The number of hydrogen-bond donors (Lipinski definition) is 0. The van der Waals surface area contributed by atoms with Crippen molar-refractivity contribution in [1.82, 2.24) is 0 Å². The van der Waals surface area contributed by atoms with Crippen molar-refractivity contribution in [3.8, 4) is 0 Å². The summed E-state index contributed by atoms with van der Waals surface area (Å²) in [6.07, 6.45) is 2.64. The highest BCUT2D eigenvalue weighted by Gasteiger charge is 2.15. The molecule has 0 amide bonds. The molecule has 1 nitrogen and oxygen atoms in total. The zero-order valence-corrected chi connectivity index (χ0v) is 13.7. The molecule has 0 N–H and O–H groups in total. The minimum absolute atomic E-state index is 1.20. The molecule has 0 spiro atoms. The van der Waals surface area contributed by atoms with E-state index in [1.54, 1.807) is 0 Å². The van der Waals surface area contributed by atoms with Crippen molar-refractivity contribution in [2.24, 2.45) is 0 Å². The number of hydrogen-bond acceptors (Lipinski definition) is 2. The van der Waals surface area contributed by atoms with Crippen molar-refractivity contribution in [2.45, 2.75) is 36.3 Å². The van der Waals surface area contributed by atoms with Gasteiger partial charge < -0.3 is 4.90 Å². The van der Waals surface area contributed by atoms with Crippen molar-refractivity contribution in [1.29, 1.82) is 0 Å². The van der Waals surface area contributed by atoms with Gasteiger partial charge in [-0.15, -0.1) is 0 Å². The standard InChI is InChI=1S/C18H22BNS/c1-14-7-8-17(15(2)13-14)21-18-6-4-3-5-16(18)20-11-9-19-10-12-20/h3-8,13,19H,9-12H2,1-2H3. The number of aryl methyl sites for hydroxylation is 2. The molecule has 2 aromatic carbocycles. The third-order valence-electron chi connectivity index (χ3n) is 4.11. The van der Waals surface area contributed by atoms with Gasteiger partial charge in [0.15, 0.2) is 0 Å². The Kier molecular flexibility index (Phi) is 4.59. The zero-order valence-electron chi connectivity index (χ0n) is 12.9. The molecular weight excluding hydrogens is 273 g/mol. The van der Waals surface area contributed by atoms with Gasteiger partial charge in [-0.2, -0.15) is 0 Å². The summed E-state index contributed by atoms with van der Waals surface area (Å²) in [4.78, 5) is 5.30. The van der Waals surface area contributed by atoms with E-state index < -0.39 is 0 Å². The number of rotatable bonds is 3. The Morgan fingerprint density at radius 1 is 0.952 bits per heavy atom. The van der Waals surface area contributed by atoms with Gasteiger partial charge in [-0.1, -0.05) is 54.2 Å². The zero-order chi connectivity index (χ0) is 14.7. The second-order valence-electron chi connectivity index (χ2n) is 5.89. The van der Waals surface area contributed by atoms with E-state index in [2.05, 4.69) is 61.2 Å². The SMILES string of the molecule is Cc1ccc(Sc2ccccc2N2CCBCC2)c(C)c1. The second-order valence-corrected chi connectivity index (χ2v) is 6.97. The van der Waals surface area contributed by atoms with E-state index in [1.807, 2.05) is 11.8 Å². The highest BCUT2D eigenvalue weighted by Crippen LogP contribution is 2.37. The topological polar surface area (TPSA) is 3.24 Å². The lowest BCUT2D eigenvalue weighted by Gasteiger charge is -2.30. The molecule has 21 heavy (non-hydrogen) atoms. The number of para-hydroxylation sites is 1. The minimum atomic E-state index is 1.20. The Bertz CT molecular complexity index is 620. The fraction of sp³-hybridized carbons (Fsp3) is 0.333. The van der Waals surface area contributed by atoms with E-state index in [-0.39, 0.29) is 0 Å². The van der Waals surface area contributed by atoms with E-state index in [1.165, 1.54) is 59.6 Å². The van der Waals surface area contributed by atoms with E-state index >= 15 is 0 Å². The molecule has 0 aromatic heterocycles. The third-order valence-corrected chi connectivity index (χ3v) is 5.36. The summed E-state index contributed by atoms with van der Waals surface area (Å²) in [6.45, 7) is 6.76. The first-order chi connectivity index (χ1) is 10.2. The largest absolute Gasteiger partial charge is 0.372 e. The minimum Gasteiger partial charge on any atom is -0.372 e. The van der Waals surface area contributed by atoms with E-state index in [4.69, 9.17) is 0 Å². The van der Waals surface area contributed by atoms with Crippen LogP contribution >= 0.6 is 11.8 Å². The monoisotopic (exact) mass is 295 g/mol. The second kappa shape index (κ2) is 6.61. The summed E-state index contributed by atoms with van der Waals surface area (Å²) in [5, 5.41) is 0. The molecule has 1 aliphatic rings. The molecule has 0 aliphatic carbocycles. The van der Waals surface area contributed by atoms with Gasteiger partial charge in [0.05, 0.1) is 5.69 Å². The molecule has 2 aromatic rings. The van der Waals surface area contributed by atoms with Crippen molar-refractivity contribution >= 4 is 24.7 Å². The molecule has 0 bridgehead atoms. The Labute approximate surface area is 133 Å². The first kappa shape index (κ1) is 14.6. The lowest BCUT2D eigenvalue weighted by atomic mass is 9.68.